The molecular formula is C30H40N4O3. The third kappa shape index (κ3) is 5.97. The van der Waals surface area contributed by atoms with Crippen molar-refractivity contribution in [2.45, 2.75) is 70.9 Å². The Morgan fingerprint density at radius 1 is 0.973 bits per heavy atom. The standard InChI is InChI=1S/C30H40N4O3/c1-4-5-7-10-24-13-15-25(16-14-24)28(36)32-19-17-30(18-20-32)29(37)33(21-27(35)31-23(2)3)22-34(30)26-11-8-6-9-12-26/h6,8-9,11-16,23H,4-5,7,10,17-22H2,1-3H3,(H,31,35). The number of piperidine rings is 1. The van der Waals surface area contributed by atoms with Crippen LogP contribution < -0.4 is 10.2 Å². The lowest BCUT2D eigenvalue weighted by atomic mass is 9.85. The van der Waals surface area contributed by atoms with Gasteiger partial charge in [-0.15, -0.1) is 0 Å². The largest absolute Gasteiger partial charge is 0.352 e. The van der Waals surface area contributed by atoms with Gasteiger partial charge in [-0.1, -0.05) is 50.1 Å². The summed E-state index contributed by atoms with van der Waals surface area (Å²) in [4.78, 5) is 45.2. The van der Waals surface area contributed by atoms with Crippen molar-refractivity contribution in [1.29, 1.82) is 0 Å². The summed E-state index contributed by atoms with van der Waals surface area (Å²) in [5, 5.41) is 2.89. The average Bonchev–Trinajstić information content (AvgIpc) is 3.15. The molecule has 2 fully saturated rings. The molecule has 0 bridgehead atoms. The summed E-state index contributed by atoms with van der Waals surface area (Å²) in [6.45, 7) is 7.42. The SMILES string of the molecule is CCCCCc1ccc(C(=O)N2CCC3(CC2)C(=O)N(CC(=O)NC(C)C)CN3c2ccccc2)cc1. The van der Waals surface area contributed by atoms with Crippen molar-refractivity contribution in [2.75, 3.05) is 31.2 Å². The number of hydrogen-bond acceptors (Lipinski definition) is 4. The van der Waals surface area contributed by atoms with Gasteiger partial charge in [0.15, 0.2) is 0 Å². The molecule has 2 heterocycles. The van der Waals surface area contributed by atoms with Crippen LogP contribution in [0.4, 0.5) is 5.69 Å². The molecule has 2 saturated heterocycles. The van der Waals surface area contributed by atoms with E-state index >= 15 is 0 Å². The van der Waals surface area contributed by atoms with E-state index < -0.39 is 5.54 Å². The Hall–Kier alpha value is -3.35. The first-order valence-electron chi connectivity index (χ1n) is 13.6. The molecule has 2 aromatic carbocycles. The van der Waals surface area contributed by atoms with E-state index in [1.807, 2.05) is 61.2 Å². The monoisotopic (exact) mass is 504 g/mol. The number of likely N-dealkylation sites (tertiary alicyclic amines) is 1. The van der Waals surface area contributed by atoms with Crippen LogP contribution in [-0.4, -0.2) is 65.4 Å². The van der Waals surface area contributed by atoms with Gasteiger partial charge in [0, 0.05) is 30.4 Å². The second-order valence-corrected chi connectivity index (χ2v) is 10.6. The lowest BCUT2D eigenvalue weighted by molar-refractivity contribution is -0.137. The van der Waals surface area contributed by atoms with Gasteiger partial charge < -0.3 is 20.0 Å². The van der Waals surface area contributed by atoms with Gasteiger partial charge in [-0.3, -0.25) is 14.4 Å². The fourth-order valence-corrected chi connectivity index (χ4v) is 5.52. The van der Waals surface area contributed by atoms with Gasteiger partial charge >= 0.3 is 0 Å². The number of carbonyl (C=O) groups excluding carboxylic acids is 3. The molecule has 0 aliphatic carbocycles. The Morgan fingerprint density at radius 2 is 1.65 bits per heavy atom. The number of nitrogens with one attached hydrogen (secondary N) is 1. The highest BCUT2D eigenvalue weighted by atomic mass is 16.2. The molecule has 0 atom stereocenters. The third-order valence-corrected chi connectivity index (χ3v) is 7.51. The van der Waals surface area contributed by atoms with Crippen LogP contribution in [0, 0.1) is 0 Å². The van der Waals surface area contributed by atoms with Gasteiger partial charge in [-0.2, -0.15) is 0 Å². The minimum Gasteiger partial charge on any atom is -0.352 e. The molecule has 0 radical (unpaired) electrons. The molecule has 0 aromatic heterocycles. The van der Waals surface area contributed by atoms with Crippen LogP contribution in [0.2, 0.25) is 0 Å². The van der Waals surface area contributed by atoms with Crippen LogP contribution >= 0.6 is 0 Å². The maximum atomic E-state index is 13.8. The lowest BCUT2D eigenvalue weighted by Crippen LogP contribution is -2.57. The number of aryl methyl sites for hydroxylation is 1. The van der Waals surface area contributed by atoms with Crippen LogP contribution in [0.25, 0.3) is 0 Å². The molecule has 7 heteroatoms. The number of nitrogens with zero attached hydrogens (tertiary/aromatic N) is 3. The predicted octanol–water partition coefficient (Wildman–Crippen LogP) is 4.23. The van der Waals surface area contributed by atoms with Gasteiger partial charge in [0.2, 0.25) is 5.91 Å². The van der Waals surface area contributed by atoms with Gasteiger partial charge in [-0.05, 0) is 69.4 Å². The van der Waals surface area contributed by atoms with E-state index in [1.165, 1.54) is 24.8 Å². The van der Waals surface area contributed by atoms with Crippen LogP contribution in [0.3, 0.4) is 0 Å². The van der Waals surface area contributed by atoms with Gasteiger partial charge in [-0.25, -0.2) is 0 Å². The highest BCUT2D eigenvalue weighted by Gasteiger charge is 2.54. The maximum Gasteiger partial charge on any atom is 0.253 e. The number of hydrogen-bond donors (Lipinski definition) is 1. The fourth-order valence-electron chi connectivity index (χ4n) is 5.52. The first-order chi connectivity index (χ1) is 17.8. The molecule has 7 nitrogen and oxygen atoms in total. The minimum absolute atomic E-state index is 0.0137. The molecular weight excluding hydrogens is 464 g/mol. The van der Waals surface area contributed by atoms with Crippen molar-refractivity contribution in [2.24, 2.45) is 0 Å². The highest BCUT2D eigenvalue weighted by molar-refractivity contribution is 5.97. The fraction of sp³-hybridized carbons (Fsp3) is 0.500. The first-order valence-corrected chi connectivity index (χ1v) is 13.6. The van der Waals surface area contributed by atoms with Crippen LogP contribution in [0.1, 0.15) is 68.8 Å². The zero-order valence-electron chi connectivity index (χ0n) is 22.4. The summed E-state index contributed by atoms with van der Waals surface area (Å²) in [5.41, 5.74) is 2.17. The summed E-state index contributed by atoms with van der Waals surface area (Å²) in [6, 6.07) is 17.9. The number of amides is 3. The van der Waals surface area contributed by atoms with E-state index in [0.717, 1.165) is 12.1 Å². The van der Waals surface area contributed by atoms with Crippen LogP contribution in [0.5, 0.6) is 0 Å². The summed E-state index contributed by atoms with van der Waals surface area (Å²) in [6.07, 6.45) is 5.68. The molecule has 198 valence electrons. The second-order valence-electron chi connectivity index (χ2n) is 10.6. The average molecular weight is 505 g/mol. The molecule has 3 amide bonds. The van der Waals surface area contributed by atoms with Gasteiger partial charge in [0.25, 0.3) is 11.8 Å². The Labute approximate surface area is 220 Å². The molecule has 4 rings (SSSR count). The molecule has 2 aromatic rings. The number of para-hydroxylation sites is 1. The molecule has 1 spiro atoms. The van der Waals surface area contributed by atoms with E-state index in [-0.39, 0.29) is 30.3 Å². The normalized spacial score (nSPS) is 17.1. The van der Waals surface area contributed by atoms with E-state index in [9.17, 15) is 14.4 Å². The number of anilines is 1. The first kappa shape index (κ1) is 26.7. The maximum absolute atomic E-state index is 13.8. The van der Waals surface area contributed by atoms with Crippen LogP contribution in [0.15, 0.2) is 54.6 Å². The quantitative estimate of drug-likeness (QED) is 0.519. The topological polar surface area (TPSA) is 73.0 Å². The summed E-state index contributed by atoms with van der Waals surface area (Å²) < 4.78 is 0. The summed E-state index contributed by atoms with van der Waals surface area (Å²) >= 11 is 0. The summed E-state index contributed by atoms with van der Waals surface area (Å²) in [5.74, 6) is -0.169. The Balaban J connectivity index is 1.46. The molecule has 0 saturated carbocycles. The smallest absolute Gasteiger partial charge is 0.253 e. The van der Waals surface area contributed by atoms with Gasteiger partial charge in [0.05, 0.1) is 6.67 Å². The number of unbranched alkanes of at least 4 members (excludes halogenated alkanes) is 2. The van der Waals surface area contributed by atoms with E-state index in [2.05, 4.69) is 29.3 Å². The Morgan fingerprint density at radius 3 is 2.27 bits per heavy atom. The van der Waals surface area contributed by atoms with Crippen molar-refractivity contribution in [3.63, 3.8) is 0 Å². The Bertz CT molecular complexity index is 1080. The van der Waals surface area contributed by atoms with Crippen molar-refractivity contribution in [1.82, 2.24) is 15.1 Å². The Kier molecular flexibility index (Phi) is 8.52. The zero-order chi connectivity index (χ0) is 26.4. The number of benzene rings is 2. The summed E-state index contributed by atoms with van der Waals surface area (Å²) in [7, 11) is 0. The number of carbonyl (C=O) groups is 3. The molecule has 2 aliphatic heterocycles. The van der Waals surface area contributed by atoms with Crippen molar-refractivity contribution in [3.8, 4) is 0 Å². The zero-order valence-corrected chi connectivity index (χ0v) is 22.4. The second kappa shape index (κ2) is 11.8. The van der Waals surface area contributed by atoms with Crippen molar-refractivity contribution >= 4 is 23.4 Å². The molecule has 37 heavy (non-hydrogen) atoms. The third-order valence-electron chi connectivity index (χ3n) is 7.51. The molecule has 2 aliphatic rings. The van der Waals surface area contributed by atoms with E-state index in [0.29, 0.717) is 38.2 Å². The predicted molar refractivity (Wildman–Crippen MR) is 146 cm³/mol. The van der Waals surface area contributed by atoms with Gasteiger partial charge in [0.1, 0.15) is 12.1 Å². The molecule has 0 unspecified atom stereocenters. The number of rotatable bonds is 9. The lowest BCUT2D eigenvalue weighted by Gasteiger charge is -2.43. The van der Waals surface area contributed by atoms with Crippen LogP contribution in [-0.2, 0) is 16.0 Å². The minimum atomic E-state index is -0.751. The van der Waals surface area contributed by atoms with Crippen molar-refractivity contribution in [3.05, 3.63) is 65.7 Å². The highest BCUT2D eigenvalue weighted by Crippen LogP contribution is 2.39. The molecule has 1 N–H and O–H groups in total. The van der Waals surface area contributed by atoms with Crippen molar-refractivity contribution < 1.29 is 14.4 Å². The van der Waals surface area contributed by atoms with E-state index in [4.69, 9.17) is 0 Å². The van der Waals surface area contributed by atoms with E-state index in [1.54, 1.807) is 4.90 Å².